The number of carbonyl (C=O) groups is 3. The van der Waals surface area contributed by atoms with Crippen LogP contribution in [-0.4, -0.2) is 29.7 Å². The van der Waals surface area contributed by atoms with E-state index in [9.17, 15) is 14.4 Å². The highest BCUT2D eigenvalue weighted by molar-refractivity contribution is 5.88. The summed E-state index contributed by atoms with van der Waals surface area (Å²) in [5.74, 6) is -2.60. The van der Waals surface area contributed by atoms with Gasteiger partial charge in [-0.15, -0.1) is 0 Å². The molecule has 0 heterocycles. The van der Waals surface area contributed by atoms with Gasteiger partial charge >= 0.3 is 5.97 Å². The summed E-state index contributed by atoms with van der Waals surface area (Å²) in [6, 6.07) is -1.42. The summed E-state index contributed by atoms with van der Waals surface area (Å²) in [5, 5.41) is 8.17. The maximum absolute atomic E-state index is 10.0. The number of carboxylic acids is 1. The van der Waals surface area contributed by atoms with Crippen molar-refractivity contribution in [3.05, 3.63) is 0 Å². The van der Waals surface area contributed by atoms with Crippen LogP contribution in [0.15, 0.2) is 0 Å². The van der Waals surface area contributed by atoms with E-state index in [1.54, 1.807) is 0 Å². The van der Waals surface area contributed by atoms with E-state index < -0.39 is 17.9 Å². The molecule has 0 aromatic heterocycles. The van der Waals surface area contributed by atoms with E-state index in [1.165, 1.54) is 0 Å². The lowest BCUT2D eigenvalue weighted by molar-refractivity contribution is -0.142. The van der Waals surface area contributed by atoms with Crippen molar-refractivity contribution >= 4 is 18.5 Å². The standard InChI is InChI=1S/C5H7NO4/c6-4(5(9)10)3(1-7)2-8/h1-4H,6H2,(H,9,10). The van der Waals surface area contributed by atoms with Crippen LogP contribution in [0.4, 0.5) is 0 Å². The molecule has 0 aliphatic carbocycles. The first-order valence-electron chi connectivity index (χ1n) is 2.52. The number of hydrogen-bond acceptors (Lipinski definition) is 4. The second-order valence-corrected chi connectivity index (χ2v) is 1.71. The van der Waals surface area contributed by atoms with Gasteiger partial charge in [-0.3, -0.25) is 4.79 Å². The first kappa shape index (κ1) is 8.77. The molecule has 0 amide bonds. The van der Waals surface area contributed by atoms with Crippen molar-refractivity contribution in [3.8, 4) is 0 Å². The Kier molecular flexibility index (Phi) is 3.27. The van der Waals surface area contributed by atoms with Gasteiger partial charge in [-0.05, 0) is 0 Å². The van der Waals surface area contributed by atoms with Crippen LogP contribution >= 0.6 is 0 Å². The van der Waals surface area contributed by atoms with Crippen molar-refractivity contribution < 1.29 is 19.5 Å². The molecule has 10 heavy (non-hydrogen) atoms. The third-order valence-electron chi connectivity index (χ3n) is 1.01. The smallest absolute Gasteiger partial charge is 0.321 e. The van der Waals surface area contributed by atoms with Crippen LogP contribution in [-0.2, 0) is 14.4 Å². The van der Waals surface area contributed by atoms with Gasteiger partial charge < -0.3 is 20.4 Å². The van der Waals surface area contributed by atoms with Crippen LogP contribution in [0, 0.1) is 5.92 Å². The summed E-state index contributed by atoms with van der Waals surface area (Å²) in [5.41, 5.74) is 4.92. The van der Waals surface area contributed by atoms with Crippen LogP contribution in [0.25, 0.3) is 0 Å². The van der Waals surface area contributed by atoms with Gasteiger partial charge in [-0.2, -0.15) is 0 Å². The SMILES string of the molecule is NC(C(=O)O)C(C=O)C=O. The summed E-state index contributed by atoms with van der Waals surface area (Å²) >= 11 is 0. The minimum Gasteiger partial charge on any atom is -0.480 e. The largest absolute Gasteiger partial charge is 0.480 e. The van der Waals surface area contributed by atoms with Crippen LogP contribution in [0.1, 0.15) is 0 Å². The zero-order valence-corrected chi connectivity index (χ0v) is 5.06. The molecule has 0 bridgehead atoms. The molecule has 0 aliphatic heterocycles. The second kappa shape index (κ2) is 3.73. The molecule has 0 radical (unpaired) electrons. The first-order valence-corrected chi connectivity index (χ1v) is 2.52. The second-order valence-electron chi connectivity index (χ2n) is 1.71. The summed E-state index contributed by atoms with van der Waals surface area (Å²) in [7, 11) is 0. The predicted molar refractivity (Wildman–Crippen MR) is 31.2 cm³/mol. The van der Waals surface area contributed by atoms with E-state index in [1.807, 2.05) is 0 Å². The van der Waals surface area contributed by atoms with Gasteiger partial charge in [-0.1, -0.05) is 0 Å². The van der Waals surface area contributed by atoms with Gasteiger partial charge in [0.25, 0.3) is 0 Å². The Labute approximate surface area is 56.8 Å². The van der Waals surface area contributed by atoms with Crippen molar-refractivity contribution in [2.45, 2.75) is 6.04 Å². The van der Waals surface area contributed by atoms with Gasteiger partial charge in [0.15, 0.2) is 0 Å². The Morgan fingerprint density at radius 2 is 1.80 bits per heavy atom. The zero-order valence-electron chi connectivity index (χ0n) is 5.06. The molecule has 0 aromatic rings. The molecule has 0 aliphatic rings. The van der Waals surface area contributed by atoms with Gasteiger partial charge in [-0.25, -0.2) is 0 Å². The Hall–Kier alpha value is -1.23. The molecule has 0 aromatic carbocycles. The number of rotatable bonds is 4. The Balaban J connectivity index is 4.13. The Morgan fingerprint density at radius 1 is 1.40 bits per heavy atom. The molecule has 0 saturated heterocycles. The lowest BCUT2D eigenvalue weighted by atomic mass is 10.1. The molecule has 5 nitrogen and oxygen atoms in total. The molecule has 3 N–H and O–H groups in total. The minimum absolute atomic E-state index is 0.214. The van der Waals surface area contributed by atoms with Crippen LogP contribution in [0.5, 0.6) is 0 Å². The van der Waals surface area contributed by atoms with E-state index in [2.05, 4.69) is 0 Å². The molecular formula is C5H7NO4. The summed E-state index contributed by atoms with van der Waals surface area (Å²) in [6.07, 6.45) is 0.428. The fraction of sp³-hybridized carbons (Fsp3) is 0.400. The highest BCUT2D eigenvalue weighted by Crippen LogP contribution is 1.92. The van der Waals surface area contributed by atoms with Gasteiger partial charge in [0.05, 0.1) is 5.92 Å². The topological polar surface area (TPSA) is 97.5 Å². The van der Waals surface area contributed by atoms with Crippen molar-refractivity contribution in [1.82, 2.24) is 0 Å². The van der Waals surface area contributed by atoms with E-state index in [0.717, 1.165) is 0 Å². The maximum Gasteiger partial charge on any atom is 0.321 e. The number of carboxylic acid groups (broad SMARTS) is 1. The van der Waals surface area contributed by atoms with Crippen molar-refractivity contribution in [2.75, 3.05) is 0 Å². The van der Waals surface area contributed by atoms with E-state index >= 15 is 0 Å². The van der Waals surface area contributed by atoms with Crippen LogP contribution in [0.2, 0.25) is 0 Å². The number of aldehydes is 2. The highest BCUT2D eigenvalue weighted by atomic mass is 16.4. The van der Waals surface area contributed by atoms with E-state index in [4.69, 9.17) is 10.8 Å². The quantitative estimate of drug-likeness (QED) is 0.367. The van der Waals surface area contributed by atoms with Crippen molar-refractivity contribution in [3.63, 3.8) is 0 Å². The number of nitrogens with two attached hydrogens (primary N) is 1. The maximum atomic E-state index is 10.0. The summed E-state index contributed by atoms with van der Waals surface area (Å²) in [4.78, 5) is 29.8. The number of carbonyl (C=O) groups excluding carboxylic acids is 2. The van der Waals surface area contributed by atoms with Crippen LogP contribution < -0.4 is 5.73 Å². The minimum atomic E-state index is -1.42. The summed E-state index contributed by atoms with van der Waals surface area (Å²) < 4.78 is 0. The predicted octanol–water partition coefficient (Wildman–Crippen LogP) is -1.59. The fourth-order valence-corrected chi connectivity index (χ4v) is 0.366. The van der Waals surface area contributed by atoms with E-state index in [-0.39, 0.29) is 12.6 Å². The molecule has 0 rings (SSSR count). The average molecular weight is 145 g/mol. The monoisotopic (exact) mass is 145 g/mol. The third kappa shape index (κ3) is 1.94. The molecular weight excluding hydrogens is 138 g/mol. The molecule has 5 heteroatoms. The Morgan fingerprint density at radius 3 is 1.90 bits per heavy atom. The average Bonchev–Trinajstić information content (AvgIpc) is 1.90. The lowest BCUT2D eigenvalue weighted by Gasteiger charge is -2.05. The zero-order chi connectivity index (χ0) is 8.15. The van der Waals surface area contributed by atoms with Gasteiger partial charge in [0, 0.05) is 0 Å². The molecule has 0 saturated carbocycles. The Bertz CT molecular complexity index is 148. The first-order chi connectivity index (χ1) is 4.63. The number of hydrogen-bond donors (Lipinski definition) is 2. The molecule has 1 atom stereocenters. The fourth-order valence-electron chi connectivity index (χ4n) is 0.366. The van der Waals surface area contributed by atoms with Crippen molar-refractivity contribution in [1.29, 1.82) is 0 Å². The van der Waals surface area contributed by atoms with Gasteiger partial charge in [0.1, 0.15) is 18.6 Å². The number of aliphatic carboxylic acids is 1. The highest BCUT2D eigenvalue weighted by Gasteiger charge is 2.22. The van der Waals surface area contributed by atoms with E-state index in [0.29, 0.717) is 0 Å². The molecule has 56 valence electrons. The summed E-state index contributed by atoms with van der Waals surface area (Å²) in [6.45, 7) is 0. The normalized spacial score (nSPS) is 12.6. The van der Waals surface area contributed by atoms with Crippen LogP contribution in [0.3, 0.4) is 0 Å². The molecule has 1 unspecified atom stereocenters. The lowest BCUT2D eigenvalue weighted by Crippen LogP contribution is -2.39. The third-order valence-corrected chi connectivity index (χ3v) is 1.01. The van der Waals surface area contributed by atoms with Gasteiger partial charge in [0.2, 0.25) is 0 Å². The molecule has 0 spiro atoms. The molecule has 0 fully saturated rings. The van der Waals surface area contributed by atoms with Crippen molar-refractivity contribution in [2.24, 2.45) is 11.7 Å².